The van der Waals surface area contributed by atoms with E-state index in [2.05, 4.69) is 30.6 Å². The zero-order valence-corrected chi connectivity index (χ0v) is 12.6. The van der Waals surface area contributed by atoms with Crippen molar-refractivity contribution in [1.29, 1.82) is 0 Å². The van der Waals surface area contributed by atoms with E-state index in [9.17, 15) is 5.11 Å². The third kappa shape index (κ3) is 5.68. The van der Waals surface area contributed by atoms with Gasteiger partial charge in [-0.05, 0) is 45.6 Å². The van der Waals surface area contributed by atoms with Gasteiger partial charge in [-0.2, -0.15) is 0 Å². The van der Waals surface area contributed by atoms with E-state index < -0.39 is 0 Å². The van der Waals surface area contributed by atoms with Crippen LogP contribution in [0.1, 0.15) is 46.5 Å². The molecule has 1 aliphatic rings. The molecule has 0 unspecified atom stereocenters. The molecule has 1 heterocycles. The Hall–Kier alpha value is -0.120. The van der Waals surface area contributed by atoms with Gasteiger partial charge in [0.15, 0.2) is 0 Å². The number of aliphatic hydroxyl groups is 1. The molecule has 1 atom stereocenters. The SMILES string of the molecule is CCC[C@@H](CO)CCCN1CCN(C(C)C)CC1. The lowest BCUT2D eigenvalue weighted by Gasteiger charge is -2.37. The fourth-order valence-electron chi connectivity index (χ4n) is 2.84. The Kier molecular flexibility index (Phi) is 7.87. The van der Waals surface area contributed by atoms with Gasteiger partial charge in [0.05, 0.1) is 0 Å². The highest BCUT2D eigenvalue weighted by Gasteiger charge is 2.18. The number of nitrogens with zero attached hydrogens (tertiary/aromatic N) is 2. The van der Waals surface area contributed by atoms with Crippen LogP contribution in [0.2, 0.25) is 0 Å². The first-order chi connectivity index (χ1) is 8.67. The van der Waals surface area contributed by atoms with E-state index in [0.717, 1.165) is 0 Å². The Morgan fingerprint density at radius 1 is 1.06 bits per heavy atom. The molecule has 1 aliphatic heterocycles. The van der Waals surface area contributed by atoms with E-state index in [0.29, 0.717) is 18.6 Å². The fourth-order valence-corrected chi connectivity index (χ4v) is 2.84. The summed E-state index contributed by atoms with van der Waals surface area (Å²) in [7, 11) is 0. The van der Waals surface area contributed by atoms with Gasteiger partial charge >= 0.3 is 0 Å². The Balaban J connectivity index is 2.10. The van der Waals surface area contributed by atoms with Gasteiger partial charge in [0.25, 0.3) is 0 Å². The lowest BCUT2D eigenvalue weighted by atomic mass is 9.99. The lowest BCUT2D eigenvalue weighted by molar-refractivity contribution is 0.104. The van der Waals surface area contributed by atoms with Crippen molar-refractivity contribution < 1.29 is 5.11 Å². The summed E-state index contributed by atoms with van der Waals surface area (Å²) in [5.41, 5.74) is 0. The van der Waals surface area contributed by atoms with Crippen molar-refractivity contribution in [3.8, 4) is 0 Å². The van der Waals surface area contributed by atoms with Crippen LogP contribution in [0.25, 0.3) is 0 Å². The molecule has 0 aromatic rings. The molecule has 0 aliphatic carbocycles. The first-order valence-corrected chi connectivity index (χ1v) is 7.74. The minimum atomic E-state index is 0.370. The Morgan fingerprint density at radius 2 is 1.72 bits per heavy atom. The number of hydrogen-bond donors (Lipinski definition) is 1. The minimum absolute atomic E-state index is 0.370. The van der Waals surface area contributed by atoms with E-state index in [1.54, 1.807) is 0 Å². The molecule has 0 radical (unpaired) electrons. The van der Waals surface area contributed by atoms with Gasteiger partial charge in [-0.25, -0.2) is 0 Å². The number of aliphatic hydroxyl groups excluding tert-OH is 1. The van der Waals surface area contributed by atoms with Gasteiger partial charge in [-0.15, -0.1) is 0 Å². The van der Waals surface area contributed by atoms with E-state index in [-0.39, 0.29) is 0 Å². The molecule has 3 nitrogen and oxygen atoms in total. The molecule has 0 amide bonds. The predicted molar refractivity (Wildman–Crippen MR) is 77.9 cm³/mol. The quantitative estimate of drug-likeness (QED) is 0.721. The van der Waals surface area contributed by atoms with Crippen LogP contribution in [0.15, 0.2) is 0 Å². The molecule has 1 fully saturated rings. The molecule has 0 saturated carbocycles. The van der Waals surface area contributed by atoms with Crippen molar-refractivity contribution in [2.45, 2.75) is 52.5 Å². The van der Waals surface area contributed by atoms with Crippen LogP contribution < -0.4 is 0 Å². The summed E-state index contributed by atoms with van der Waals surface area (Å²) in [5, 5.41) is 9.27. The summed E-state index contributed by atoms with van der Waals surface area (Å²) < 4.78 is 0. The molecule has 3 heteroatoms. The first kappa shape index (κ1) is 15.9. The zero-order chi connectivity index (χ0) is 13.4. The van der Waals surface area contributed by atoms with Crippen LogP contribution in [-0.2, 0) is 0 Å². The number of hydrogen-bond acceptors (Lipinski definition) is 3. The van der Waals surface area contributed by atoms with E-state index in [1.165, 1.54) is 58.4 Å². The Labute approximate surface area is 113 Å². The van der Waals surface area contributed by atoms with E-state index >= 15 is 0 Å². The monoisotopic (exact) mass is 256 g/mol. The summed E-state index contributed by atoms with van der Waals surface area (Å²) in [6.07, 6.45) is 4.80. The molecule has 1 N–H and O–H groups in total. The molecule has 1 rings (SSSR count). The highest BCUT2D eigenvalue weighted by atomic mass is 16.3. The maximum Gasteiger partial charge on any atom is 0.0459 e. The van der Waals surface area contributed by atoms with Crippen LogP contribution in [0.5, 0.6) is 0 Å². The van der Waals surface area contributed by atoms with Crippen LogP contribution in [-0.4, -0.2) is 60.3 Å². The molecule has 0 spiro atoms. The van der Waals surface area contributed by atoms with E-state index in [4.69, 9.17) is 0 Å². The zero-order valence-electron chi connectivity index (χ0n) is 12.6. The minimum Gasteiger partial charge on any atom is -0.396 e. The number of piperazine rings is 1. The van der Waals surface area contributed by atoms with Crippen LogP contribution >= 0.6 is 0 Å². The highest BCUT2D eigenvalue weighted by molar-refractivity contribution is 4.74. The molecule has 0 aromatic heterocycles. The lowest BCUT2D eigenvalue weighted by Crippen LogP contribution is -2.48. The van der Waals surface area contributed by atoms with Crippen LogP contribution in [0.3, 0.4) is 0 Å². The Bertz CT molecular complexity index is 201. The molecule has 18 heavy (non-hydrogen) atoms. The van der Waals surface area contributed by atoms with Gasteiger partial charge < -0.3 is 10.0 Å². The molecular formula is C15H32N2O. The largest absolute Gasteiger partial charge is 0.396 e. The van der Waals surface area contributed by atoms with Gasteiger partial charge in [-0.1, -0.05) is 13.3 Å². The van der Waals surface area contributed by atoms with Gasteiger partial charge in [0.1, 0.15) is 0 Å². The van der Waals surface area contributed by atoms with Crippen molar-refractivity contribution >= 4 is 0 Å². The van der Waals surface area contributed by atoms with Crippen LogP contribution in [0.4, 0.5) is 0 Å². The smallest absolute Gasteiger partial charge is 0.0459 e. The summed E-state index contributed by atoms with van der Waals surface area (Å²) in [4.78, 5) is 5.14. The van der Waals surface area contributed by atoms with Crippen molar-refractivity contribution in [1.82, 2.24) is 9.80 Å². The average molecular weight is 256 g/mol. The Morgan fingerprint density at radius 3 is 2.22 bits per heavy atom. The third-order valence-corrected chi connectivity index (χ3v) is 4.18. The first-order valence-electron chi connectivity index (χ1n) is 7.74. The molecule has 1 saturated heterocycles. The maximum atomic E-state index is 9.27. The third-order valence-electron chi connectivity index (χ3n) is 4.18. The van der Waals surface area contributed by atoms with Crippen molar-refractivity contribution in [3.05, 3.63) is 0 Å². The van der Waals surface area contributed by atoms with Crippen LogP contribution in [0, 0.1) is 5.92 Å². The average Bonchev–Trinajstić information content (AvgIpc) is 2.38. The van der Waals surface area contributed by atoms with Gasteiger partial charge in [-0.3, -0.25) is 4.90 Å². The highest BCUT2D eigenvalue weighted by Crippen LogP contribution is 2.14. The topological polar surface area (TPSA) is 26.7 Å². The maximum absolute atomic E-state index is 9.27. The van der Waals surface area contributed by atoms with Gasteiger partial charge in [0.2, 0.25) is 0 Å². The predicted octanol–water partition coefficient (Wildman–Crippen LogP) is 2.20. The molecule has 0 aromatic carbocycles. The summed E-state index contributed by atoms with van der Waals surface area (Å²) in [6, 6.07) is 0.690. The normalized spacial score (nSPS) is 20.5. The summed E-state index contributed by atoms with van der Waals surface area (Å²) >= 11 is 0. The molecular weight excluding hydrogens is 224 g/mol. The second kappa shape index (κ2) is 8.89. The fraction of sp³-hybridized carbons (Fsp3) is 1.00. The van der Waals surface area contributed by atoms with Gasteiger partial charge in [0, 0.05) is 38.8 Å². The standard InChI is InChI=1S/C15H32N2O/c1-4-6-15(13-18)7-5-8-16-9-11-17(12-10-16)14(2)3/h14-15,18H,4-13H2,1-3H3/t15-/m1/s1. The summed E-state index contributed by atoms with van der Waals surface area (Å²) in [6.45, 7) is 13.2. The summed E-state index contributed by atoms with van der Waals surface area (Å²) in [5.74, 6) is 0.534. The van der Waals surface area contributed by atoms with E-state index in [1.807, 2.05) is 0 Å². The number of rotatable bonds is 8. The molecule has 0 bridgehead atoms. The van der Waals surface area contributed by atoms with Crippen molar-refractivity contribution in [3.63, 3.8) is 0 Å². The van der Waals surface area contributed by atoms with Crippen molar-refractivity contribution in [2.24, 2.45) is 5.92 Å². The molecule has 108 valence electrons. The second-order valence-corrected chi connectivity index (χ2v) is 5.95. The van der Waals surface area contributed by atoms with Crippen molar-refractivity contribution in [2.75, 3.05) is 39.3 Å². The second-order valence-electron chi connectivity index (χ2n) is 5.95.